The highest BCUT2D eigenvalue weighted by Crippen LogP contribution is 2.23. The molecule has 0 spiro atoms. The Balaban J connectivity index is 1.90. The third-order valence-corrected chi connectivity index (χ3v) is 2.83. The van der Waals surface area contributed by atoms with Crippen LogP contribution in [0.25, 0.3) is 0 Å². The van der Waals surface area contributed by atoms with Crippen LogP contribution in [-0.2, 0) is 11.3 Å². The Morgan fingerprint density at radius 3 is 2.80 bits per heavy atom. The molecule has 1 fully saturated rings. The second-order valence-electron chi connectivity index (χ2n) is 3.94. The minimum atomic E-state index is -0.378. The van der Waals surface area contributed by atoms with Crippen molar-refractivity contribution in [3.05, 3.63) is 35.6 Å². The topological polar surface area (TPSA) is 29.5 Å². The number of hydrogen-bond acceptors (Lipinski definition) is 2. The first kappa shape index (κ1) is 10.6. The molecule has 1 aliphatic rings. The Morgan fingerprint density at radius 1 is 1.33 bits per heavy atom. The van der Waals surface area contributed by atoms with Crippen molar-refractivity contribution in [2.24, 2.45) is 0 Å². The Labute approximate surface area is 88.7 Å². The van der Waals surface area contributed by atoms with Crippen LogP contribution in [0.15, 0.2) is 24.3 Å². The summed E-state index contributed by atoms with van der Waals surface area (Å²) in [7, 11) is 0. The lowest BCUT2D eigenvalue weighted by molar-refractivity contribution is -0.0281. The lowest BCUT2D eigenvalue weighted by Gasteiger charge is -2.15. The second kappa shape index (κ2) is 4.73. The Kier molecular flexibility index (Phi) is 3.34. The van der Waals surface area contributed by atoms with Gasteiger partial charge in [-0.3, -0.25) is 0 Å². The molecule has 0 bridgehead atoms. The standard InChI is InChI=1S/C12H15FO2/c13-10-5-2-1-4-9(10)8-15-12-7-3-6-11(12)14/h1-2,4-5,11-12,14H,3,6-8H2/t11-,12+/m1/s1. The van der Waals surface area contributed by atoms with Gasteiger partial charge in [0.05, 0.1) is 18.8 Å². The van der Waals surface area contributed by atoms with Crippen LogP contribution in [0.2, 0.25) is 0 Å². The largest absolute Gasteiger partial charge is 0.390 e. The molecule has 82 valence electrons. The summed E-state index contributed by atoms with van der Waals surface area (Å²) in [5.41, 5.74) is 0.552. The average molecular weight is 210 g/mol. The smallest absolute Gasteiger partial charge is 0.128 e. The number of aliphatic hydroxyl groups is 1. The second-order valence-corrected chi connectivity index (χ2v) is 3.94. The molecule has 1 aromatic carbocycles. The van der Waals surface area contributed by atoms with Gasteiger partial charge in [0.2, 0.25) is 0 Å². The minimum Gasteiger partial charge on any atom is -0.390 e. The summed E-state index contributed by atoms with van der Waals surface area (Å²) in [5, 5.41) is 9.52. The van der Waals surface area contributed by atoms with E-state index in [0.717, 1.165) is 19.3 Å². The van der Waals surface area contributed by atoms with Crippen LogP contribution in [-0.4, -0.2) is 17.3 Å². The lowest BCUT2D eigenvalue weighted by atomic mass is 10.2. The third kappa shape index (κ3) is 2.55. The van der Waals surface area contributed by atoms with E-state index < -0.39 is 0 Å². The normalized spacial score (nSPS) is 25.7. The molecule has 1 N–H and O–H groups in total. The molecule has 15 heavy (non-hydrogen) atoms. The van der Waals surface area contributed by atoms with E-state index in [-0.39, 0.29) is 24.6 Å². The first-order valence-electron chi connectivity index (χ1n) is 5.30. The molecular formula is C12H15FO2. The van der Waals surface area contributed by atoms with Gasteiger partial charge in [-0.25, -0.2) is 4.39 Å². The fourth-order valence-corrected chi connectivity index (χ4v) is 1.91. The van der Waals surface area contributed by atoms with Crippen LogP contribution in [0.5, 0.6) is 0 Å². The van der Waals surface area contributed by atoms with Crippen molar-refractivity contribution in [1.29, 1.82) is 0 Å². The fraction of sp³-hybridized carbons (Fsp3) is 0.500. The van der Waals surface area contributed by atoms with Crippen LogP contribution in [0.3, 0.4) is 0 Å². The molecule has 0 aromatic heterocycles. The van der Waals surface area contributed by atoms with Gasteiger partial charge < -0.3 is 9.84 Å². The first-order valence-corrected chi connectivity index (χ1v) is 5.30. The van der Waals surface area contributed by atoms with Crippen LogP contribution >= 0.6 is 0 Å². The van der Waals surface area contributed by atoms with Crippen LogP contribution in [0, 0.1) is 5.82 Å². The lowest BCUT2D eigenvalue weighted by Crippen LogP contribution is -2.22. The molecule has 1 saturated carbocycles. The fourth-order valence-electron chi connectivity index (χ4n) is 1.91. The first-order chi connectivity index (χ1) is 7.27. The average Bonchev–Trinajstić information content (AvgIpc) is 2.63. The van der Waals surface area contributed by atoms with Crippen molar-refractivity contribution in [1.82, 2.24) is 0 Å². The molecule has 0 unspecified atom stereocenters. The van der Waals surface area contributed by atoms with E-state index >= 15 is 0 Å². The maximum atomic E-state index is 13.2. The van der Waals surface area contributed by atoms with E-state index in [9.17, 15) is 9.50 Å². The molecule has 0 heterocycles. The van der Waals surface area contributed by atoms with E-state index in [1.54, 1.807) is 18.2 Å². The van der Waals surface area contributed by atoms with Crippen molar-refractivity contribution in [3.63, 3.8) is 0 Å². The van der Waals surface area contributed by atoms with Gasteiger partial charge in [-0.15, -0.1) is 0 Å². The summed E-state index contributed by atoms with van der Waals surface area (Å²) in [6, 6.07) is 6.57. The molecule has 1 aromatic rings. The number of hydrogen-bond donors (Lipinski definition) is 1. The van der Waals surface area contributed by atoms with E-state index in [0.29, 0.717) is 5.56 Å². The third-order valence-electron chi connectivity index (χ3n) is 2.83. The van der Waals surface area contributed by atoms with Gasteiger partial charge in [-0.2, -0.15) is 0 Å². The zero-order valence-electron chi connectivity index (χ0n) is 8.53. The molecule has 0 radical (unpaired) electrons. The predicted molar refractivity (Wildman–Crippen MR) is 54.8 cm³/mol. The maximum absolute atomic E-state index is 13.2. The Morgan fingerprint density at radius 2 is 2.13 bits per heavy atom. The van der Waals surface area contributed by atoms with E-state index in [1.807, 2.05) is 0 Å². The van der Waals surface area contributed by atoms with Gasteiger partial charge in [-0.05, 0) is 25.3 Å². The van der Waals surface area contributed by atoms with E-state index in [4.69, 9.17) is 4.74 Å². The summed E-state index contributed by atoms with van der Waals surface area (Å²) in [4.78, 5) is 0. The summed E-state index contributed by atoms with van der Waals surface area (Å²) >= 11 is 0. The van der Waals surface area contributed by atoms with E-state index in [2.05, 4.69) is 0 Å². The van der Waals surface area contributed by atoms with Gasteiger partial charge in [-0.1, -0.05) is 18.2 Å². The zero-order chi connectivity index (χ0) is 10.7. The van der Waals surface area contributed by atoms with Gasteiger partial charge in [0, 0.05) is 5.56 Å². The monoisotopic (exact) mass is 210 g/mol. The molecule has 2 nitrogen and oxygen atoms in total. The Bertz CT molecular complexity index is 327. The van der Waals surface area contributed by atoms with Gasteiger partial charge >= 0.3 is 0 Å². The number of aliphatic hydroxyl groups excluding tert-OH is 1. The van der Waals surface area contributed by atoms with Crippen LogP contribution in [0.1, 0.15) is 24.8 Å². The Hall–Kier alpha value is -0.930. The maximum Gasteiger partial charge on any atom is 0.128 e. The highest BCUT2D eigenvalue weighted by molar-refractivity contribution is 5.16. The molecule has 0 saturated heterocycles. The molecule has 0 aliphatic heterocycles. The van der Waals surface area contributed by atoms with Crippen molar-refractivity contribution >= 4 is 0 Å². The highest BCUT2D eigenvalue weighted by Gasteiger charge is 2.25. The quantitative estimate of drug-likeness (QED) is 0.829. The predicted octanol–water partition coefficient (Wildman–Crippen LogP) is 2.26. The number of ether oxygens (including phenoxy) is 1. The molecule has 0 amide bonds. The van der Waals surface area contributed by atoms with Gasteiger partial charge in [0.1, 0.15) is 5.82 Å². The van der Waals surface area contributed by atoms with Crippen molar-refractivity contribution in [2.45, 2.75) is 38.1 Å². The van der Waals surface area contributed by atoms with Crippen molar-refractivity contribution in [2.75, 3.05) is 0 Å². The summed E-state index contributed by atoms with van der Waals surface area (Å²) < 4.78 is 18.7. The zero-order valence-corrected chi connectivity index (χ0v) is 8.53. The highest BCUT2D eigenvalue weighted by atomic mass is 19.1. The van der Waals surface area contributed by atoms with Gasteiger partial charge in [0.25, 0.3) is 0 Å². The van der Waals surface area contributed by atoms with Crippen LogP contribution < -0.4 is 0 Å². The number of rotatable bonds is 3. The van der Waals surface area contributed by atoms with E-state index in [1.165, 1.54) is 6.07 Å². The van der Waals surface area contributed by atoms with Crippen molar-refractivity contribution in [3.8, 4) is 0 Å². The number of benzene rings is 1. The molecule has 3 heteroatoms. The van der Waals surface area contributed by atoms with Crippen LogP contribution in [0.4, 0.5) is 4.39 Å². The summed E-state index contributed by atoms with van der Waals surface area (Å²) in [6.45, 7) is 0.244. The summed E-state index contributed by atoms with van der Waals surface area (Å²) in [5.74, 6) is -0.245. The molecule has 1 aliphatic carbocycles. The van der Waals surface area contributed by atoms with Crippen molar-refractivity contribution < 1.29 is 14.2 Å². The molecule has 2 atom stereocenters. The minimum absolute atomic E-state index is 0.121. The number of halogens is 1. The van der Waals surface area contributed by atoms with Gasteiger partial charge in [0.15, 0.2) is 0 Å². The SMILES string of the molecule is O[C@@H]1CCC[C@@H]1OCc1ccccc1F. The molecule has 2 rings (SSSR count). The summed E-state index contributed by atoms with van der Waals surface area (Å²) in [6.07, 6.45) is 2.15. The molecular weight excluding hydrogens is 195 g/mol.